The second-order valence-corrected chi connectivity index (χ2v) is 1.89. The van der Waals surface area contributed by atoms with Crippen LogP contribution in [0, 0.1) is 0 Å². The molecule has 4 nitrogen and oxygen atoms in total. The molecule has 0 amide bonds. The van der Waals surface area contributed by atoms with E-state index >= 15 is 0 Å². The number of nitrogens with zero attached hydrogens (tertiary/aromatic N) is 2. The van der Waals surface area contributed by atoms with E-state index in [9.17, 15) is 0 Å². The molecule has 0 heterocycles. The fraction of sp³-hybridized carbons (Fsp3) is 0.400. The largest absolute Gasteiger partial charge is 0.288 e. The van der Waals surface area contributed by atoms with E-state index in [1.807, 2.05) is 0 Å². The first-order valence-electron chi connectivity index (χ1n) is 2.70. The van der Waals surface area contributed by atoms with Gasteiger partial charge in [0.2, 0.25) is 0 Å². The molecule has 0 spiro atoms. The van der Waals surface area contributed by atoms with Crippen molar-refractivity contribution < 1.29 is 5.21 Å². The molecule has 0 aliphatic rings. The van der Waals surface area contributed by atoms with Gasteiger partial charge in [0, 0.05) is 13.3 Å². The second-order valence-electron chi connectivity index (χ2n) is 1.51. The Morgan fingerprint density at radius 1 is 1.80 bits per heavy atom. The summed E-state index contributed by atoms with van der Waals surface area (Å²) in [4.78, 5) is 0. The topological polar surface area (TPSA) is 47.9 Å². The number of halogens is 1. The first kappa shape index (κ1) is 9.26. The second kappa shape index (κ2) is 5.08. The summed E-state index contributed by atoms with van der Waals surface area (Å²) in [6.45, 7) is 1.76. The number of rotatable bonds is 3. The van der Waals surface area contributed by atoms with Crippen LogP contribution >= 0.6 is 11.6 Å². The first-order chi connectivity index (χ1) is 4.68. The Bertz CT molecular complexity index is 144. The molecule has 5 heteroatoms. The van der Waals surface area contributed by atoms with Gasteiger partial charge in [0.25, 0.3) is 0 Å². The molecule has 0 radical (unpaired) electrons. The molecule has 0 bridgehead atoms. The van der Waals surface area contributed by atoms with Gasteiger partial charge in [-0.2, -0.15) is 5.10 Å². The SMILES string of the molecule is C/C=N\N/C=C(/Cl)N(C)O. The van der Waals surface area contributed by atoms with Crippen LogP contribution in [0.2, 0.25) is 0 Å². The molecular weight excluding hydrogens is 154 g/mol. The number of nitrogens with one attached hydrogen (secondary N) is 1. The van der Waals surface area contributed by atoms with Gasteiger partial charge in [-0.25, -0.2) is 5.06 Å². The highest BCUT2D eigenvalue weighted by atomic mass is 35.5. The molecule has 0 saturated carbocycles. The van der Waals surface area contributed by atoms with Gasteiger partial charge in [0.1, 0.15) is 5.16 Å². The Morgan fingerprint density at radius 3 is 2.80 bits per heavy atom. The maximum atomic E-state index is 8.66. The van der Waals surface area contributed by atoms with E-state index in [0.717, 1.165) is 5.06 Å². The average molecular weight is 164 g/mol. The van der Waals surface area contributed by atoms with Crippen LogP contribution in [0.4, 0.5) is 0 Å². The molecule has 0 aliphatic carbocycles. The van der Waals surface area contributed by atoms with Gasteiger partial charge in [-0.15, -0.1) is 0 Å². The summed E-state index contributed by atoms with van der Waals surface area (Å²) in [6, 6.07) is 0. The smallest absolute Gasteiger partial charge is 0.146 e. The maximum absolute atomic E-state index is 8.66. The lowest BCUT2D eigenvalue weighted by Crippen LogP contribution is -2.10. The Kier molecular flexibility index (Phi) is 4.70. The van der Waals surface area contributed by atoms with Crippen LogP contribution in [0.1, 0.15) is 6.92 Å². The van der Waals surface area contributed by atoms with Crippen molar-refractivity contribution >= 4 is 17.8 Å². The summed E-state index contributed by atoms with van der Waals surface area (Å²) in [5.41, 5.74) is 2.49. The van der Waals surface area contributed by atoms with Crippen molar-refractivity contribution in [2.75, 3.05) is 7.05 Å². The molecule has 0 fully saturated rings. The molecule has 58 valence electrons. The first-order valence-corrected chi connectivity index (χ1v) is 3.07. The zero-order valence-corrected chi connectivity index (χ0v) is 6.63. The van der Waals surface area contributed by atoms with Crippen LogP contribution in [0.5, 0.6) is 0 Å². The van der Waals surface area contributed by atoms with Crippen molar-refractivity contribution in [3.05, 3.63) is 11.4 Å². The van der Waals surface area contributed by atoms with Crippen LogP contribution in [-0.2, 0) is 0 Å². The third-order valence-corrected chi connectivity index (χ3v) is 1.05. The monoisotopic (exact) mass is 163 g/mol. The molecule has 0 rings (SSSR count). The molecule has 0 unspecified atom stereocenters. The molecular formula is C5H10ClN3O. The summed E-state index contributed by atoms with van der Waals surface area (Å²) in [7, 11) is 1.41. The van der Waals surface area contributed by atoms with Gasteiger partial charge in [-0.05, 0) is 6.92 Å². The lowest BCUT2D eigenvalue weighted by atomic mass is 10.8. The summed E-state index contributed by atoms with van der Waals surface area (Å²) in [5.74, 6) is 0. The summed E-state index contributed by atoms with van der Waals surface area (Å²) < 4.78 is 0. The van der Waals surface area contributed by atoms with Crippen LogP contribution in [0.3, 0.4) is 0 Å². The minimum atomic E-state index is 0.172. The van der Waals surface area contributed by atoms with E-state index < -0.39 is 0 Å². The van der Waals surface area contributed by atoms with Crippen LogP contribution in [-0.4, -0.2) is 23.5 Å². The van der Waals surface area contributed by atoms with E-state index in [-0.39, 0.29) is 5.16 Å². The van der Waals surface area contributed by atoms with Crippen molar-refractivity contribution in [1.29, 1.82) is 0 Å². The van der Waals surface area contributed by atoms with Crippen molar-refractivity contribution in [2.45, 2.75) is 6.92 Å². The minimum absolute atomic E-state index is 0.172. The number of hydrogen-bond donors (Lipinski definition) is 2. The van der Waals surface area contributed by atoms with Crippen molar-refractivity contribution in [1.82, 2.24) is 10.5 Å². The van der Waals surface area contributed by atoms with Gasteiger partial charge < -0.3 is 0 Å². The normalized spacial score (nSPS) is 12.2. The molecule has 10 heavy (non-hydrogen) atoms. The van der Waals surface area contributed by atoms with Crippen LogP contribution < -0.4 is 5.43 Å². The van der Waals surface area contributed by atoms with Crippen molar-refractivity contribution in [3.63, 3.8) is 0 Å². The average Bonchev–Trinajstić information content (AvgIpc) is 1.88. The summed E-state index contributed by atoms with van der Waals surface area (Å²) in [6.07, 6.45) is 2.93. The minimum Gasteiger partial charge on any atom is -0.288 e. The zero-order valence-electron chi connectivity index (χ0n) is 5.87. The Morgan fingerprint density at radius 2 is 2.40 bits per heavy atom. The molecule has 0 atom stereocenters. The summed E-state index contributed by atoms with van der Waals surface area (Å²) in [5, 5.41) is 13.2. The lowest BCUT2D eigenvalue weighted by Gasteiger charge is -2.06. The van der Waals surface area contributed by atoms with E-state index in [2.05, 4.69) is 10.5 Å². The van der Waals surface area contributed by atoms with Gasteiger partial charge in [0.05, 0.1) is 6.20 Å². The van der Waals surface area contributed by atoms with Crippen molar-refractivity contribution in [3.8, 4) is 0 Å². The molecule has 0 aromatic heterocycles. The predicted octanol–water partition coefficient (Wildman–Crippen LogP) is 0.940. The molecule has 0 aliphatic heterocycles. The van der Waals surface area contributed by atoms with E-state index in [1.54, 1.807) is 13.1 Å². The fourth-order valence-corrected chi connectivity index (χ4v) is 0.307. The van der Waals surface area contributed by atoms with Gasteiger partial charge >= 0.3 is 0 Å². The van der Waals surface area contributed by atoms with E-state index in [1.165, 1.54) is 13.2 Å². The van der Waals surface area contributed by atoms with Gasteiger partial charge in [-0.3, -0.25) is 10.6 Å². The highest BCUT2D eigenvalue weighted by Gasteiger charge is 1.92. The Labute approximate surface area is 64.7 Å². The van der Waals surface area contributed by atoms with E-state index in [0.29, 0.717) is 0 Å². The van der Waals surface area contributed by atoms with Gasteiger partial charge in [-0.1, -0.05) is 11.6 Å². The van der Waals surface area contributed by atoms with E-state index in [4.69, 9.17) is 16.8 Å². The standard InChI is InChI=1S/C5H10ClN3O/c1-3-7-8-4-5(6)9(2)10/h3-4,8,10H,1-2H3/b5-4-,7-3-. The number of hydroxylamine groups is 2. The zero-order chi connectivity index (χ0) is 7.98. The predicted molar refractivity (Wildman–Crippen MR) is 40.8 cm³/mol. The Hall–Kier alpha value is -0.740. The highest BCUT2D eigenvalue weighted by Crippen LogP contribution is 2.00. The molecule has 0 aromatic carbocycles. The molecule has 0 saturated heterocycles. The van der Waals surface area contributed by atoms with Gasteiger partial charge in [0.15, 0.2) is 0 Å². The maximum Gasteiger partial charge on any atom is 0.146 e. The van der Waals surface area contributed by atoms with Crippen molar-refractivity contribution in [2.24, 2.45) is 5.10 Å². The molecule has 2 N–H and O–H groups in total. The quantitative estimate of drug-likeness (QED) is 0.370. The number of hydrazone groups is 1. The lowest BCUT2D eigenvalue weighted by molar-refractivity contribution is -0.0193. The van der Waals surface area contributed by atoms with Crippen LogP contribution in [0.15, 0.2) is 16.5 Å². The summed E-state index contributed by atoms with van der Waals surface area (Å²) >= 11 is 5.45. The Balaban J connectivity index is 3.68. The number of hydrogen-bond acceptors (Lipinski definition) is 4. The highest BCUT2D eigenvalue weighted by molar-refractivity contribution is 6.28. The molecule has 0 aromatic rings. The third-order valence-electron chi connectivity index (χ3n) is 0.696. The van der Waals surface area contributed by atoms with Crippen LogP contribution in [0.25, 0.3) is 0 Å². The third kappa shape index (κ3) is 4.17. The fourth-order valence-electron chi connectivity index (χ4n) is 0.258.